The lowest BCUT2D eigenvalue weighted by molar-refractivity contribution is 0.437. The zero-order chi connectivity index (χ0) is 13.2. The number of aromatic nitrogens is 2. The van der Waals surface area contributed by atoms with E-state index in [1.165, 1.54) is 18.9 Å². The van der Waals surface area contributed by atoms with E-state index in [1.807, 2.05) is 0 Å². The van der Waals surface area contributed by atoms with E-state index < -0.39 is 11.6 Å². The predicted molar refractivity (Wildman–Crippen MR) is 63.3 cm³/mol. The van der Waals surface area contributed by atoms with Gasteiger partial charge in [-0.2, -0.15) is 0 Å². The first-order valence-electron chi connectivity index (χ1n) is 6.19. The third-order valence-corrected chi connectivity index (χ3v) is 2.97. The van der Waals surface area contributed by atoms with Gasteiger partial charge in [-0.05, 0) is 30.5 Å². The van der Waals surface area contributed by atoms with Gasteiger partial charge in [0.1, 0.15) is 0 Å². The molecule has 0 spiro atoms. The van der Waals surface area contributed by atoms with E-state index in [9.17, 15) is 8.78 Å². The van der Waals surface area contributed by atoms with Crippen LogP contribution in [0.25, 0.3) is 0 Å². The van der Waals surface area contributed by atoms with Crippen molar-refractivity contribution in [2.75, 3.05) is 0 Å². The molecule has 3 rings (SSSR count). The van der Waals surface area contributed by atoms with Crippen molar-refractivity contribution in [3.63, 3.8) is 0 Å². The maximum atomic E-state index is 13.1. The van der Waals surface area contributed by atoms with Crippen LogP contribution in [0, 0.1) is 11.6 Å². The fraction of sp³-hybridized carbons (Fsp3) is 0.385. The lowest BCUT2D eigenvalue weighted by Crippen LogP contribution is -2.15. The Kier molecular flexibility index (Phi) is 3.25. The van der Waals surface area contributed by atoms with Gasteiger partial charge in [0, 0.05) is 6.04 Å². The standard InChI is InChI=1S/C13H13F2N3O/c14-10-4-1-8(5-11(10)15)6-12-17-18-13(19-12)7-16-9-2-3-9/h1,4-5,9,16H,2-3,6-7H2. The second kappa shape index (κ2) is 5.05. The summed E-state index contributed by atoms with van der Waals surface area (Å²) >= 11 is 0. The second-order valence-electron chi connectivity index (χ2n) is 4.67. The molecule has 1 aromatic heterocycles. The average molecular weight is 265 g/mol. The lowest BCUT2D eigenvalue weighted by atomic mass is 10.1. The maximum Gasteiger partial charge on any atom is 0.230 e. The fourth-order valence-electron chi connectivity index (χ4n) is 1.77. The van der Waals surface area contributed by atoms with E-state index in [0.29, 0.717) is 36.4 Å². The Morgan fingerprint density at radius 3 is 2.68 bits per heavy atom. The number of nitrogens with zero attached hydrogens (tertiary/aromatic N) is 2. The molecule has 1 aliphatic carbocycles. The lowest BCUT2D eigenvalue weighted by Gasteiger charge is -1.98. The van der Waals surface area contributed by atoms with Crippen molar-refractivity contribution < 1.29 is 13.2 Å². The molecular weight excluding hydrogens is 252 g/mol. The molecule has 1 aliphatic rings. The zero-order valence-electron chi connectivity index (χ0n) is 10.2. The van der Waals surface area contributed by atoms with E-state index in [1.54, 1.807) is 0 Å². The first kappa shape index (κ1) is 12.2. The summed E-state index contributed by atoms with van der Waals surface area (Å²) in [7, 11) is 0. The third-order valence-electron chi connectivity index (χ3n) is 2.97. The Balaban J connectivity index is 1.63. The molecule has 0 atom stereocenters. The van der Waals surface area contributed by atoms with Crippen LogP contribution < -0.4 is 5.32 Å². The predicted octanol–water partition coefficient (Wildman–Crippen LogP) is 2.19. The number of rotatable bonds is 5. The van der Waals surface area contributed by atoms with E-state index >= 15 is 0 Å². The van der Waals surface area contributed by atoms with E-state index in [-0.39, 0.29) is 0 Å². The molecule has 6 heteroatoms. The van der Waals surface area contributed by atoms with Gasteiger partial charge in [0.25, 0.3) is 0 Å². The second-order valence-corrected chi connectivity index (χ2v) is 4.67. The van der Waals surface area contributed by atoms with Crippen molar-refractivity contribution in [2.24, 2.45) is 0 Å². The summed E-state index contributed by atoms with van der Waals surface area (Å²) in [4.78, 5) is 0. The molecule has 0 saturated heterocycles. The minimum Gasteiger partial charge on any atom is -0.424 e. The molecule has 1 saturated carbocycles. The van der Waals surface area contributed by atoms with Gasteiger partial charge < -0.3 is 9.73 Å². The van der Waals surface area contributed by atoms with Crippen LogP contribution in [0.2, 0.25) is 0 Å². The van der Waals surface area contributed by atoms with Crippen molar-refractivity contribution in [2.45, 2.75) is 31.8 Å². The van der Waals surface area contributed by atoms with Crippen LogP contribution >= 0.6 is 0 Å². The third kappa shape index (κ3) is 3.14. The van der Waals surface area contributed by atoms with Gasteiger partial charge in [0.05, 0.1) is 13.0 Å². The van der Waals surface area contributed by atoms with Crippen LogP contribution in [0.3, 0.4) is 0 Å². The number of halogens is 2. The van der Waals surface area contributed by atoms with Gasteiger partial charge in [-0.1, -0.05) is 6.07 Å². The summed E-state index contributed by atoms with van der Waals surface area (Å²) in [5, 5.41) is 11.1. The smallest absolute Gasteiger partial charge is 0.230 e. The van der Waals surface area contributed by atoms with Crippen molar-refractivity contribution >= 4 is 0 Å². The first-order chi connectivity index (χ1) is 9.20. The van der Waals surface area contributed by atoms with Crippen LogP contribution in [0.15, 0.2) is 22.6 Å². The van der Waals surface area contributed by atoms with Crippen molar-refractivity contribution in [1.29, 1.82) is 0 Å². The minimum atomic E-state index is -0.868. The van der Waals surface area contributed by atoms with Gasteiger partial charge in [-0.3, -0.25) is 0 Å². The maximum absolute atomic E-state index is 13.1. The number of hydrogen-bond donors (Lipinski definition) is 1. The quantitative estimate of drug-likeness (QED) is 0.900. The highest BCUT2D eigenvalue weighted by atomic mass is 19.2. The SMILES string of the molecule is Fc1ccc(Cc2nnc(CNC3CC3)o2)cc1F. The van der Waals surface area contributed by atoms with Crippen LogP contribution in [0.1, 0.15) is 30.2 Å². The Morgan fingerprint density at radius 1 is 1.16 bits per heavy atom. The van der Waals surface area contributed by atoms with Gasteiger partial charge in [-0.15, -0.1) is 10.2 Å². The van der Waals surface area contributed by atoms with E-state index in [0.717, 1.165) is 12.1 Å². The highest BCUT2D eigenvalue weighted by molar-refractivity contribution is 5.20. The Labute approximate surface area is 108 Å². The molecule has 0 aliphatic heterocycles. The van der Waals surface area contributed by atoms with Crippen LogP contribution in [-0.2, 0) is 13.0 Å². The molecule has 0 radical (unpaired) electrons. The summed E-state index contributed by atoms with van der Waals surface area (Å²) < 4.78 is 31.3. The Bertz CT molecular complexity index is 581. The van der Waals surface area contributed by atoms with Gasteiger partial charge >= 0.3 is 0 Å². The molecule has 4 nitrogen and oxygen atoms in total. The summed E-state index contributed by atoms with van der Waals surface area (Å²) in [5.74, 6) is -0.806. The van der Waals surface area contributed by atoms with E-state index in [2.05, 4.69) is 15.5 Å². The van der Waals surface area contributed by atoms with Crippen molar-refractivity contribution in [3.05, 3.63) is 47.2 Å². The average Bonchev–Trinajstić information content (AvgIpc) is 3.12. The normalized spacial score (nSPS) is 14.8. The molecule has 0 bridgehead atoms. The van der Waals surface area contributed by atoms with Crippen molar-refractivity contribution in [1.82, 2.24) is 15.5 Å². The molecule has 19 heavy (non-hydrogen) atoms. The van der Waals surface area contributed by atoms with Crippen LogP contribution in [0.4, 0.5) is 8.78 Å². The monoisotopic (exact) mass is 265 g/mol. The summed E-state index contributed by atoms with van der Waals surface area (Å²) in [5.41, 5.74) is 0.601. The summed E-state index contributed by atoms with van der Waals surface area (Å²) in [6.07, 6.45) is 2.68. The molecule has 0 unspecified atom stereocenters. The number of benzene rings is 1. The number of nitrogens with one attached hydrogen (secondary N) is 1. The Morgan fingerprint density at radius 2 is 1.95 bits per heavy atom. The molecule has 1 heterocycles. The zero-order valence-corrected chi connectivity index (χ0v) is 10.2. The number of hydrogen-bond acceptors (Lipinski definition) is 4. The van der Waals surface area contributed by atoms with Crippen molar-refractivity contribution in [3.8, 4) is 0 Å². The molecular formula is C13H13F2N3O. The van der Waals surface area contributed by atoms with Gasteiger partial charge in [-0.25, -0.2) is 8.78 Å². The van der Waals surface area contributed by atoms with E-state index in [4.69, 9.17) is 4.42 Å². The van der Waals surface area contributed by atoms with Crippen LogP contribution in [-0.4, -0.2) is 16.2 Å². The molecule has 2 aromatic rings. The summed E-state index contributed by atoms with van der Waals surface area (Å²) in [6, 6.07) is 4.31. The largest absolute Gasteiger partial charge is 0.424 e. The Hall–Kier alpha value is -1.82. The molecule has 0 amide bonds. The van der Waals surface area contributed by atoms with Gasteiger partial charge in [0.15, 0.2) is 11.6 Å². The summed E-state index contributed by atoms with van der Waals surface area (Å²) in [6.45, 7) is 0.551. The highest BCUT2D eigenvalue weighted by Gasteiger charge is 2.21. The fourth-order valence-corrected chi connectivity index (χ4v) is 1.77. The highest BCUT2D eigenvalue weighted by Crippen LogP contribution is 2.19. The molecule has 1 fully saturated rings. The molecule has 1 N–H and O–H groups in total. The van der Waals surface area contributed by atoms with Crippen LogP contribution in [0.5, 0.6) is 0 Å². The van der Waals surface area contributed by atoms with Gasteiger partial charge in [0.2, 0.25) is 11.8 Å². The topological polar surface area (TPSA) is 51.0 Å². The molecule has 100 valence electrons. The first-order valence-corrected chi connectivity index (χ1v) is 6.19. The molecule has 1 aromatic carbocycles. The minimum absolute atomic E-state index is 0.299.